The van der Waals surface area contributed by atoms with Crippen LogP contribution in [-0.2, 0) is 25.7 Å². The third-order valence-corrected chi connectivity index (χ3v) is 6.27. The summed E-state index contributed by atoms with van der Waals surface area (Å²) in [6, 6.07) is 14.4. The summed E-state index contributed by atoms with van der Waals surface area (Å²) >= 11 is 6.41. The Morgan fingerprint density at radius 2 is 1.73 bits per heavy atom. The Labute approximate surface area is 240 Å². The van der Waals surface area contributed by atoms with Gasteiger partial charge < -0.3 is 14.4 Å². The number of aromatic nitrogens is 1. The number of carbonyl (C=O) groups is 5. The normalized spacial score (nSPS) is 12.6. The molecular weight excluding hydrogens is 554 g/mol. The number of hydrogen-bond acceptors (Lipinski definition) is 8. The van der Waals surface area contributed by atoms with Crippen LogP contribution in [0.1, 0.15) is 33.2 Å². The number of hydrazine groups is 1. The van der Waals surface area contributed by atoms with Crippen LogP contribution in [0.2, 0.25) is 5.02 Å². The topological polar surface area (TPSA) is 147 Å². The highest BCUT2D eigenvalue weighted by molar-refractivity contribution is 6.34. The molecule has 0 bridgehead atoms. The predicted octanol–water partition coefficient (Wildman–Crippen LogP) is 2.13. The van der Waals surface area contributed by atoms with Gasteiger partial charge in [-0.25, -0.2) is 0 Å². The van der Waals surface area contributed by atoms with E-state index in [-0.39, 0.29) is 43.4 Å². The number of carbonyl (C=O) groups excluding carboxylic acids is 5. The molecule has 0 radical (unpaired) electrons. The molecule has 2 heterocycles. The van der Waals surface area contributed by atoms with Gasteiger partial charge in [-0.3, -0.25) is 44.7 Å². The highest BCUT2D eigenvalue weighted by Gasteiger charge is 2.31. The van der Waals surface area contributed by atoms with E-state index in [1.807, 2.05) is 0 Å². The number of nitrogens with one attached hydrogen (secondary N) is 2. The number of esters is 1. The van der Waals surface area contributed by atoms with Gasteiger partial charge in [-0.15, -0.1) is 0 Å². The first kappa shape index (κ1) is 29.0. The van der Waals surface area contributed by atoms with Crippen LogP contribution in [0.4, 0.5) is 5.69 Å². The molecule has 13 heteroatoms. The maximum Gasteiger partial charge on any atom is 0.302 e. The molecule has 2 aromatic carbocycles. The first-order chi connectivity index (χ1) is 19.7. The van der Waals surface area contributed by atoms with Crippen molar-refractivity contribution in [3.63, 3.8) is 0 Å². The second-order valence-electron chi connectivity index (χ2n) is 8.84. The predicted molar refractivity (Wildman–Crippen MR) is 147 cm³/mol. The van der Waals surface area contributed by atoms with Crippen LogP contribution < -0.4 is 20.5 Å². The number of nitrogens with zero attached hydrogens (tertiary/aromatic N) is 3. The zero-order chi connectivity index (χ0) is 29.4. The van der Waals surface area contributed by atoms with E-state index in [0.29, 0.717) is 22.6 Å². The third kappa shape index (κ3) is 7.57. The number of hydrogen-bond donors (Lipinski definition) is 2. The summed E-state index contributed by atoms with van der Waals surface area (Å²) in [6.45, 7) is 0.824. The van der Waals surface area contributed by atoms with Crippen LogP contribution in [0.25, 0.3) is 0 Å². The second kappa shape index (κ2) is 13.4. The van der Waals surface area contributed by atoms with Crippen LogP contribution in [0.5, 0.6) is 5.75 Å². The molecule has 0 saturated heterocycles. The van der Waals surface area contributed by atoms with Crippen LogP contribution >= 0.6 is 11.6 Å². The number of ether oxygens (including phenoxy) is 2. The minimum atomic E-state index is -0.620. The van der Waals surface area contributed by atoms with Crippen LogP contribution in [-0.4, -0.2) is 65.8 Å². The van der Waals surface area contributed by atoms with E-state index in [1.165, 1.54) is 53.4 Å². The number of amides is 4. The Hall–Kier alpha value is -4.97. The minimum Gasteiger partial charge on any atom is -0.490 e. The molecular formula is C28H26ClN5O7. The standard InChI is InChI=1S/C28H26ClN5O7/c1-18(35)40-12-13-41-21-6-7-22(23(29)14-21)28(39)34-17-26(37)33(15-20-4-2-3-5-24(20)34)16-25(36)31-32-27(38)19-8-10-30-11-9-19/h2-11,14H,12-13,15-17H2,1H3,(H,31,36)(H,32,38). The molecule has 4 rings (SSSR count). The summed E-state index contributed by atoms with van der Waals surface area (Å²) in [6.07, 6.45) is 2.89. The summed E-state index contributed by atoms with van der Waals surface area (Å²) in [5.74, 6) is -2.20. The number of fused-ring (bicyclic) bond motifs is 1. The monoisotopic (exact) mass is 579 g/mol. The molecule has 0 unspecified atom stereocenters. The van der Waals surface area contributed by atoms with Gasteiger partial charge in [-0.05, 0) is 42.0 Å². The molecule has 41 heavy (non-hydrogen) atoms. The third-order valence-electron chi connectivity index (χ3n) is 5.96. The lowest BCUT2D eigenvalue weighted by molar-refractivity contribution is -0.141. The molecule has 1 aliphatic heterocycles. The Morgan fingerprint density at radius 1 is 0.976 bits per heavy atom. The molecule has 0 fully saturated rings. The van der Waals surface area contributed by atoms with Crippen molar-refractivity contribution < 1.29 is 33.4 Å². The summed E-state index contributed by atoms with van der Waals surface area (Å²) in [5.41, 5.74) is 6.19. The number of benzene rings is 2. The zero-order valence-electron chi connectivity index (χ0n) is 22.0. The smallest absolute Gasteiger partial charge is 0.302 e. The highest BCUT2D eigenvalue weighted by Crippen LogP contribution is 2.30. The zero-order valence-corrected chi connectivity index (χ0v) is 22.7. The lowest BCUT2D eigenvalue weighted by atomic mass is 10.1. The maximum atomic E-state index is 13.6. The van der Waals surface area contributed by atoms with Crippen LogP contribution in [0, 0.1) is 0 Å². The first-order valence-electron chi connectivity index (χ1n) is 12.5. The average Bonchev–Trinajstić information content (AvgIpc) is 3.10. The largest absolute Gasteiger partial charge is 0.490 e. The molecule has 1 aromatic heterocycles. The van der Waals surface area contributed by atoms with E-state index in [4.69, 9.17) is 21.1 Å². The average molecular weight is 580 g/mol. The van der Waals surface area contributed by atoms with Gasteiger partial charge in [0.15, 0.2) is 0 Å². The lowest BCUT2D eigenvalue weighted by Gasteiger charge is -2.23. The van der Waals surface area contributed by atoms with Crippen molar-refractivity contribution in [2.45, 2.75) is 13.5 Å². The SMILES string of the molecule is CC(=O)OCCOc1ccc(C(=O)N2CC(=O)N(CC(=O)NNC(=O)c3ccncc3)Cc3ccccc32)c(Cl)c1. The number of pyridine rings is 1. The van der Waals surface area contributed by atoms with E-state index in [1.54, 1.807) is 30.3 Å². The summed E-state index contributed by atoms with van der Waals surface area (Å²) in [5, 5.41) is 0.107. The fourth-order valence-corrected chi connectivity index (χ4v) is 4.26. The van der Waals surface area contributed by atoms with E-state index in [9.17, 15) is 24.0 Å². The van der Waals surface area contributed by atoms with Crippen LogP contribution in [0.3, 0.4) is 0 Å². The van der Waals surface area contributed by atoms with Gasteiger partial charge in [0.05, 0.1) is 10.6 Å². The molecule has 0 saturated carbocycles. The highest BCUT2D eigenvalue weighted by atomic mass is 35.5. The lowest BCUT2D eigenvalue weighted by Crippen LogP contribution is -2.48. The fourth-order valence-electron chi connectivity index (χ4n) is 4.01. The van der Waals surface area contributed by atoms with Gasteiger partial charge in [0.2, 0.25) is 5.91 Å². The van der Waals surface area contributed by atoms with Crippen molar-refractivity contribution in [3.8, 4) is 5.75 Å². The summed E-state index contributed by atoms with van der Waals surface area (Å²) in [4.78, 5) is 69.0. The Morgan fingerprint density at radius 3 is 2.46 bits per heavy atom. The summed E-state index contributed by atoms with van der Waals surface area (Å²) < 4.78 is 10.3. The maximum absolute atomic E-state index is 13.6. The quantitative estimate of drug-likeness (QED) is 0.234. The van der Waals surface area contributed by atoms with Crippen molar-refractivity contribution in [1.29, 1.82) is 0 Å². The fraction of sp³-hybridized carbons (Fsp3) is 0.214. The van der Waals surface area contributed by atoms with Crippen molar-refractivity contribution in [1.82, 2.24) is 20.7 Å². The number of para-hydroxylation sites is 1. The molecule has 212 valence electrons. The van der Waals surface area contributed by atoms with Gasteiger partial charge in [-0.2, -0.15) is 0 Å². The van der Waals surface area contributed by atoms with Crippen molar-refractivity contribution in [2.24, 2.45) is 0 Å². The number of rotatable bonds is 8. The van der Waals surface area contributed by atoms with Gasteiger partial charge in [0.1, 0.15) is 32.1 Å². The number of halogens is 1. The Balaban J connectivity index is 1.44. The molecule has 0 aliphatic carbocycles. The van der Waals surface area contributed by atoms with Gasteiger partial charge in [0, 0.05) is 37.1 Å². The first-order valence-corrected chi connectivity index (χ1v) is 12.8. The van der Waals surface area contributed by atoms with Gasteiger partial charge >= 0.3 is 5.97 Å². The van der Waals surface area contributed by atoms with E-state index in [2.05, 4.69) is 15.8 Å². The summed E-state index contributed by atoms with van der Waals surface area (Å²) in [7, 11) is 0. The molecule has 1 aliphatic rings. The van der Waals surface area contributed by atoms with Gasteiger partial charge in [-0.1, -0.05) is 29.8 Å². The van der Waals surface area contributed by atoms with E-state index in [0.717, 1.165) is 0 Å². The molecule has 2 N–H and O–H groups in total. The van der Waals surface area contributed by atoms with Gasteiger partial charge in [0.25, 0.3) is 17.7 Å². The number of anilines is 1. The molecule has 0 atom stereocenters. The minimum absolute atomic E-state index is 0.0614. The van der Waals surface area contributed by atoms with Crippen molar-refractivity contribution >= 4 is 46.9 Å². The van der Waals surface area contributed by atoms with E-state index >= 15 is 0 Å². The Kier molecular flexibility index (Phi) is 9.48. The molecule has 4 amide bonds. The molecule has 0 spiro atoms. The molecule has 12 nitrogen and oxygen atoms in total. The second-order valence-corrected chi connectivity index (χ2v) is 9.25. The Bertz CT molecular complexity index is 1470. The van der Waals surface area contributed by atoms with Crippen molar-refractivity contribution in [3.05, 3.63) is 88.7 Å². The van der Waals surface area contributed by atoms with Crippen LogP contribution in [0.15, 0.2) is 67.0 Å². The molecule has 3 aromatic rings. The van der Waals surface area contributed by atoms with E-state index < -0.39 is 29.6 Å². The van der Waals surface area contributed by atoms with Crippen molar-refractivity contribution in [2.75, 3.05) is 31.2 Å².